The number of hydrogen-bond donors (Lipinski definition) is 1. The summed E-state index contributed by atoms with van der Waals surface area (Å²) in [7, 11) is 0. The second-order valence-electron chi connectivity index (χ2n) is 5.83. The minimum Gasteiger partial charge on any atom is -0.388 e. The Morgan fingerprint density at radius 2 is 2.06 bits per heavy atom. The van der Waals surface area contributed by atoms with Gasteiger partial charge in [0.25, 0.3) is 0 Å². The molecule has 3 rings (SSSR count). The molecule has 0 radical (unpaired) electrons. The van der Waals surface area contributed by atoms with Crippen molar-refractivity contribution in [3.63, 3.8) is 0 Å². The largest absolute Gasteiger partial charge is 0.388 e. The lowest BCUT2D eigenvalue weighted by atomic mass is 9.83. The third-order valence-electron chi connectivity index (χ3n) is 4.75. The molecular formula is C15H18Cl2O. The maximum Gasteiger partial charge on any atom is 0.0807 e. The molecule has 1 aromatic carbocycles. The van der Waals surface area contributed by atoms with E-state index in [1.54, 1.807) is 6.07 Å². The number of benzene rings is 1. The van der Waals surface area contributed by atoms with Crippen molar-refractivity contribution in [2.24, 2.45) is 17.8 Å². The molecular weight excluding hydrogens is 267 g/mol. The highest BCUT2D eigenvalue weighted by atomic mass is 35.5. The fourth-order valence-corrected chi connectivity index (χ4v) is 4.29. The molecule has 0 heterocycles. The molecule has 4 atom stereocenters. The van der Waals surface area contributed by atoms with Crippen LogP contribution in [0.5, 0.6) is 0 Å². The van der Waals surface area contributed by atoms with Gasteiger partial charge in [0.15, 0.2) is 0 Å². The summed E-state index contributed by atoms with van der Waals surface area (Å²) in [5, 5.41) is 11.4. The highest BCUT2D eigenvalue weighted by Crippen LogP contribution is 2.51. The highest BCUT2D eigenvalue weighted by Gasteiger charge is 2.40. The molecule has 0 aromatic heterocycles. The summed E-state index contributed by atoms with van der Waals surface area (Å²) in [5.41, 5.74) is 0.784. The minimum absolute atomic E-state index is 0.472. The standard InChI is InChI=1S/C15H18Cl2O/c16-13-3-1-2-12(15(13)17)14(18)8-11-7-9-4-5-10(11)6-9/h1-3,9-11,14,18H,4-8H2. The van der Waals surface area contributed by atoms with E-state index in [4.69, 9.17) is 23.2 Å². The molecule has 0 aliphatic heterocycles. The fourth-order valence-electron chi connectivity index (χ4n) is 3.86. The van der Waals surface area contributed by atoms with Gasteiger partial charge in [-0.15, -0.1) is 0 Å². The van der Waals surface area contributed by atoms with E-state index < -0.39 is 6.10 Å². The summed E-state index contributed by atoms with van der Waals surface area (Å²) in [6, 6.07) is 5.50. The van der Waals surface area contributed by atoms with Crippen LogP contribution in [-0.2, 0) is 0 Å². The zero-order valence-corrected chi connectivity index (χ0v) is 11.8. The monoisotopic (exact) mass is 284 g/mol. The van der Waals surface area contributed by atoms with Gasteiger partial charge in [0.05, 0.1) is 16.1 Å². The zero-order valence-electron chi connectivity index (χ0n) is 10.3. The van der Waals surface area contributed by atoms with Crippen molar-refractivity contribution in [2.75, 3.05) is 0 Å². The van der Waals surface area contributed by atoms with Gasteiger partial charge >= 0.3 is 0 Å². The van der Waals surface area contributed by atoms with Crippen LogP contribution in [-0.4, -0.2) is 5.11 Å². The molecule has 1 aromatic rings. The summed E-state index contributed by atoms with van der Waals surface area (Å²) in [6.07, 6.45) is 5.78. The predicted molar refractivity (Wildman–Crippen MR) is 75.0 cm³/mol. The highest BCUT2D eigenvalue weighted by molar-refractivity contribution is 6.42. The Morgan fingerprint density at radius 1 is 1.22 bits per heavy atom. The first-order chi connectivity index (χ1) is 8.65. The lowest BCUT2D eigenvalue weighted by Crippen LogP contribution is -2.14. The van der Waals surface area contributed by atoms with E-state index >= 15 is 0 Å². The first-order valence-corrected chi connectivity index (χ1v) is 7.52. The smallest absolute Gasteiger partial charge is 0.0807 e. The van der Waals surface area contributed by atoms with Crippen LogP contribution in [0, 0.1) is 17.8 Å². The number of hydrogen-bond acceptors (Lipinski definition) is 1. The van der Waals surface area contributed by atoms with Crippen molar-refractivity contribution in [1.82, 2.24) is 0 Å². The summed E-state index contributed by atoms with van der Waals surface area (Å²) in [6.45, 7) is 0. The number of aliphatic hydroxyl groups is 1. The first kappa shape index (κ1) is 12.8. The van der Waals surface area contributed by atoms with Crippen molar-refractivity contribution in [3.8, 4) is 0 Å². The van der Waals surface area contributed by atoms with Gasteiger partial charge in [-0.25, -0.2) is 0 Å². The molecule has 0 spiro atoms. The summed E-state index contributed by atoms with van der Waals surface area (Å²) in [5.74, 6) is 2.43. The predicted octanol–water partition coefficient (Wildman–Crippen LogP) is 4.85. The Bertz CT molecular complexity index is 446. The lowest BCUT2D eigenvalue weighted by molar-refractivity contribution is 0.125. The van der Waals surface area contributed by atoms with Gasteiger partial charge in [-0.1, -0.05) is 41.8 Å². The Morgan fingerprint density at radius 3 is 2.72 bits per heavy atom. The Balaban J connectivity index is 1.71. The second-order valence-corrected chi connectivity index (χ2v) is 6.61. The molecule has 1 N–H and O–H groups in total. The third kappa shape index (κ3) is 2.29. The average molecular weight is 285 g/mol. The normalized spacial score (nSPS) is 31.8. The van der Waals surface area contributed by atoms with Crippen LogP contribution in [0.25, 0.3) is 0 Å². The van der Waals surface area contributed by atoms with Crippen molar-refractivity contribution in [1.29, 1.82) is 0 Å². The molecule has 2 aliphatic rings. The van der Waals surface area contributed by atoms with E-state index in [2.05, 4.69) is 0 Å². The number of rotatable bonds is 3. The maximum absolute atomic E-state index is 10.4. The van der Waals surface area contributed by atoms with Crippen molar-refractivity contribution in [2.45, 2.75) is 38.2 Å². The Hall–Kier alpha value is -0.240. The third-order valence-corrected chi connectivity index (χ3v) is 5.58. The van der Waals surface area contributed by atoms with Crippen LogP contribution in [0.1, 0.15) is 43.8 Å². The van der Waals surface area contributed by atoms with Gasteiger partial charge < -0.3 is 5.11 Å². The van der Waals surface area contributed by atoms with Gasteiger partial charge in [0.1, 0.15) is 0 Å². The van der Waals surface area contributed by atoms with E-state index in [9.17, 15) is 5.11 Å². The molecule has 2 bridgehead atoms. The van der Waals surface area contributed by atoms with E-state index in [1.165, 1.54) is 25.7 Å². The molecule has 3 heteroatoms. The van der Waals surface area contributed by atoms with E-state index in [1.807, 2.05) is 12.1 Å². The van der Waals surface area contributed by atoms with Crippen LogP contribution in [0.3, 0.4) is 0 Å². The van der Waals surface area contributed by atoms with Gasteiger partial charge in [-0.3, -0.25) is 0 Å². The van der Waals surface area contributed by atoms with Gasteiger partial charge in [0, 0.05) is 5.56 Å². The van der Waals surface area contributed by atoms with Crippen molar-refractivity contribution >= 4 is 23.2 Å². The Labute approximate surface area is 118 Å². The van der Waals surface area contributed by atoms with E-state index in [0.717, 1.165) is 23.8 Å². The van der Waals surface area contributed by atoms with Crippen LogP contribution in [0.4, 0.5) is 0 Å². The van der Waals surface area contributed by atoms with E-state index in [-0.39, 0.29) is 0 Å². The molecule has 0 amide bonds. The molecule has 98 valence electrons. The van der Waals surface area contributed by atoms with Crippen LogP contribution in [0.15, 0.2) is 18.2 Å². The van der Waals surface area contributed by atoms with Gasteiger partial charge in [0.2, 0.25) is 0 Å². The SMILES string of the molecule is OC(CC1CC2CCC1C2)c1cccc(Cl)c1Cl. The van der Waals surface area contributed by atoms with Crippen LogP contribution in [0.2, 0.25) is 10.0 Å². The average Bonchev–Trinajstić information content (AvgIpc) is 2.94. The molecule has 1 nitrogen and oxygen atoms in total. The fraction of sp³-hybridized carbons (Fsp3) is 0.600. The van der Waals surface area contributed by atoms with Crippen LogP contribution < -0.4 is 0 Å². The topological polar surface area (TPSA) is 20.2 Å². The number of aliphatic hydroxyl groups excluding tert-OH is 1. The van der Waals surface area contributed by atoms with Crippen molar-refractivity contribution < 1.29 is 5.11 Å². The van der Waals surface area contributed by atoms with Crippen molar-refractivity contribution in [3.05, 3.63) is 33.8 Å². The molecule has 0 saturated heterocycles. The lowest BCUT2D eigenvalue weighted by Gasteiger charge is -2.24. The molecule has 2 fully saturated rings. The molecule has 2 saturated carbocycles. The summed E-state index contributed by atoms with van der Waals surface area (Å²) >= 11 is 12.2. The molecule has 18 heavy (non-hydrogen) atoms. The maximum atomic E-state index is 10.4. The van der Waals surface area contributed by atoms with E-state index in [0.29, 0.717) is 16.0 Å². The first-order valence-electron chi connectivity index (χ1n) is 6.77. The zero-order chi connectivity index (χ0) is 12.7. The second kappa shape index (κ2) is 5.03. The summed E-state index contributed by atoms with van der Waals surface area (Å²) < 4.78 is 0. The Kier molecular flexibility index (Phi) is 3.57. The van der Waals surface area contributed by atoms with Crippen LogP contribution >= 0.6 is 23.2 Å². The number of fused-ring (bicyclic) bond motifs is 2. The summed E-state index contributed by atoms with van der Waals surface area (Å²) in [4.78, 5) is 0. The molecule has 4 unspecified atom stereocenters. The minimum atomic E-state index is -0.472. The van der Waals surface area contributed by atoms with Gasteiger partial charge in [-0.05, 0) is 49.5 Å². The quantitative estimate of drug-likeness (QED) is 0.841. The van der Waals surface area contributed by atoms with Gasteiger partial charge in [-0.2, -0.15) is 0 Å². The molecule has 2 aliphatic carbocycles. The number of halogens is 2.